The molecule has 1 rings (SSSR count). The Morgan fingerprint density at radius 2 is 2.29 bits per heavy atom. The number of carbonyl (C=O) groups is 1. The molecule has 0 fully saturated rings. The number of hydrogen-bond acceptors (Lipinski definition) is 5. The van der Waals surface area contributed by atoms with E-state index in [1.165, 1.54) is 7.11 Å². The summed E-state index contributed by atoms with van der Waals surface area (Å²) in [5.41, 5.74) is 0. The Labute approximate surface area is 102 Å². The van der Waals surface area contributed by atoms with Crippen molar-refractivity contribution in [2.45, 2.75) is 33.4 Å². The second-order valence-electron chi connectivity index (χ2n) is 3.69. The molecule has 0 saturated heterocycles. The Bertz CT molecular complexity index is 351. The third kappa shape index (κ3) is 4.14. The van der Waals surface area contributed by atoms with Crippen LogP contribution in [0.1, 0.15) is 26.1 Å². The largest absolute Gasteiger partial charge is 0.469 e. The lowest BCUT2D eigenvalue weighted by Gasteiger charge is -2.19. The molecule has 17 heavy (non-hydrogen) atoms. The lowest BCUT2D eigenvalue weighted by molar-refractivity contribution is -0.141. The molecule has 0 aliphatic heterocycles. The molecule has 6 nitrogen and oxygen atoms in total. The van der Waals surface area contributed by atoms with Gasteiger partial charge in [-0.1, -0.05) is 6.92 Å². The van der Waals surface area contributed by atoms with Crippen LogP contribution >= 0.6 is 0 Å². The van der Waals surface area contributed by atoms with Gasteiger partial charge in [0.1, 0.15) is 12.2 Å². The minimum atomic E-state index is -0.180. The van der Waals surface area contributed by atoms with Crippen molar-refractivity contribution in [3.05, 3.63) is 12.2 Å². The molecule has 1 aromatic heterocycles. The standard InChI is InChI=1S/C11H20N4O2/c1-4-14(7-6-11(16)17-3)8-10-12-9-13-15(10)5-2/h9H,4-8H2,1-3H3. The fourth-order valence-electron chi connectivity index (χ4n) is 1.58. The summed E-state index contributed by atoms with van der Waals surface area (Å²) < 4.78 is 6.49. The van der Waals surface area contributed by atoms with E-state index in [-0.39, 0.29) is 5.97 Å². The van der Waals surface area contributed by atoms with Crippen LogP contribution < -0.4 is 0 Å². The number of aromatic nitrogens is 3. The summed E-state index contributed by atoms with van der Waals surface area (Å²) >= 11 is 0. The average molecular weight is 240 g/mol. The summed E-state index contributed by atoms with van der Waals surface area (Å²) in [5.74, 6) is 0.750. The van der Waals surface area contributed by atoms with Crippen LogP contribution in [0.25, 0.3) is 0 Å². The fourth-order valence-corrected chi connectivity index (χ4v) is 1.58. The molecule has 0 aliphatic rings. The molecule has 0 aromatic carbocycles. The van der Waals surface area contributed by atoms with Gasteiger partial charge in [0, 0.05) is 13.1 Å². The summed E-state index contributed by atoms with van der Waals surface area (Å²) in [7, 11) is 1.41. The number of ether oxygens (including phenoxy) is 1. The SMILES string of the molecule is CCN(CCC(=O)OC)Cc1ncnn1CC. The molecule has 1 aromatic rings. The van der Waals surface area contributed by atoms with Crippen LogP contribution in [-0.2, 0) is 22.6 Å². The first kappa shape index (κ1) is 13.6. The molecule has 0 atom stereocenters. The van der Waals surface area contributed by atoms with E-state index in [1.807, 2.05) is 11.6 Å². The highest BCUT2D eigenvalue weighted by Crippen LogP contribution is 2.02. The normalized spacial score (nSPS) is 10.8. The van der Waals surface area contributed by atoms with Gasteiger partial charge in [-0.25, -0.2) is 9.67 Å². The van der Waals surface area contributed by atoms with Crippen LogP contribution in [0, 0.1) is 0 Å². The molecule has 96 valence electrons. The van der Waals surface area contributed by atoms with Gasteiger partial charge in [0.05, 0.1) is 20.1 Å². The zero-order valence-corrected chi connectivity index (χ0v) is 10.7. The van der Waals surface area contributed by atoms with E-state index >= 15 is 0 Å². The van der Waals surface area contributed by atoms with Gasteiger partial charge in [0.2, 0.25) is 0 Å². The third-order valence-corrected chi connectivity index (χ3v) is 2.67. The summed E-state index contributed by atoms with van der Waals surface area (Å²) in [6.07, 6.45) is 1.97. The molecule has 0 spiro atoms. The van der Waals surface area contributed by atoms with E-state index in [0.717, 1.165) is 18.9 Å². The maximum absolute atomic E-state index is 11.1. The number of aryl methyl sites for hydroxylation is 1. The monoisotopic (exact) mass is 240 g/mol. The molecule has 1 heterocycles. The summed E-state index contributed by atoms with van der Waals surface area (Å²) in [4.78, 5) is 17.4. The molecule has 0 unspecified atom stereocenters. The highest BCUT2D eigenvalue weighted by Gasteiger charge is 2.10. The van der Waals surface area contributed by atoms with Crippen molar-refractivity contribution in [1.82, 2.24) is 19.7 Å². The third-order valence-electron chi connectivity index (χ3n) is 2.67. The highest BCUT2D eigenvalue weighted by atomic mass is 16.5. The van der Waals surface area contributed by atoms with Gasteiger partial charge in [-0.15, -0.1) is 0 Å². The average Bonchev–Trinajstić information content (AvgIpc) is 2.80. The van der Waals surface area contributed by atoms with Crippen molar-refractivity contribution in [2.24, 2.45) is 0 Å². The minimum Gasteiger partial charge on any atom is -0.469 e. The minimum absolute atomic E-state index is 0.180. The zero-order chi connectivity index (χ0) is 12.7. The molecule has 0 bridgehead atoms. The second kappa shape index (κ2) is 7.01. The van der Waals surface area contributed by atoms with Crippen LogP contribution in [0.5, 0.6) is 0 Å². The number of carbonyl (C=O) groups excluding carboxylic acids is 1. The number of hydrogen-bond donors (Lipinski definition) is 0. The van der Waals surface area contributed by atoms with E-state index in [9.17, 15) is 4.79 Å². The van der Waals surface area contributed by atoms with Gasteiger partial charge in [-0.3, -0.25) is 9.69 Å². The van der Waals surface area contributed by atoms with Crippen molar-refractivity contribution in [3.63, 3.8) is 0 Å². The van der Waals surface area contributed by atoms with Gasteiger partial charge in [0.25, 0.3) is 0 Å². The molecule has 0 radical (unpaired) electrons. The number of nitrogens with zero attached hydrogens (tertiary/aromatic N) is 4. The lowest BCUT2D eigenvalue weighted by atomic mass is 10.3. The van der Waals surface area contributed by atoms with Crippen molar-refractivity contribution in [1.29, 1.82) is 0 Å². The molecular weight excluding hydrogens is 220 g/mol. The second-order valence-corrected chi connectivity index (χ2v) is 3.69. The Balaban J connectivity index is 2.49. The zero-order valence-electron chi connectivity index (χ0n) is 10.7. The molecule has 0 amide bonds. The van der Waals surface area contributed by atoms with E-state index in [0.29, 0.717) is 19.5 Å². The van der Waals surface area contributed by atoms with E-state index in [2.05, 4.69) is 26.6 Å². The molecule has 0 N–H and O–H groups in total. The first-order valence-corrected chi connectivity index (χ1v) is 5.87. The van der Waals surface area contributed by atoms with Crippen molar-refractivity contribution >= 4 is 5.97 Å². The Morgan fingerprint density at radius 3 is 2.88 bits per heavy atom. The van der Waals surface area contributed by atoms with Crippen LogP contribution in [0.15, 0.2) is 6.33 Å². The van der Waals surface area contributed by atoms with Gasteiger partial charge in [0.15, 0.2) is 0 Å². The van der Waals surface area contributed by atoms with Crippen molar-refractivity contribution < 1.29 is 9.53 Å². The maximum Gasteiger partial charge on any atom is 0.306 e. The first-order valence-electron chi connectivity index (χ1n) is 5.87. The number of rotatable bonds is 7. The smallest absolute Gasteiger partial charge is 0.306 e. The lowest BCUT2D eigenvalue weighted by Crippen LogP contribution is -2.27. The van der Waals surface area contributed by atoms with Crippen LogP contribution in [-0.4, -0.2) is 45.8 Å². The Kier molecular flexibility index (Phi) is 5.62. The van der Waals surface area contributed by atoms with Gasteiger partial charge >= 0.3 is 5.97 Å². The maximum atomic E-state index is 11.1. The van der Waals surface area contributed by atoms with E-state index in [4.69, 9.17) is 0 Å². The summed E-state index contributed by atoms with van der Waals surface area (Å²) in [6, 6.07) is 0. The summed E-state index contributed by atoms with van der Waals surface area (Å²) in [5, 5.41) is 4.12. The van der Waals surface area contributed by atoms with Gasteiger partial charge in [-0.05, 0) is 13.5 Å². The highest BCUT2D eigenvalue weighted by molar-refractivity contribution is 5.69. The first-order chi connectivity index (χ1) is 8.21. The molecule has 0 aliphatic carbocycles. The van der Waals surface area contributed by atoms with Gasteiger partial charge in [-0.2, -0.15) is 5.10 Å². The summed E-state index contributed by atoms with van der Waals surface area (Å²) in [6.45, 7) is 7.16. The van der Waals surface area contributed by atoms with E-state index < -0.39 is 0 Å². The topological polar surface area (TPSA) is 60.3 Å². The quantitative estimate of drug-likeness (QED) is 0.656. The predicted octanol–water partition coefficient (Wildman–Crippen LogP) is 0.683. The predicted molar refractivity (Wildman–Crippen MR) is 63.3 cm³/mol. The van der Waals surface area contributed by atoms with Crippen molar-refractivity contribution in [3.8, 4) is 0 Å². The van der Waals surface area contributed by atoms with Crippen LogP contribution in [0.4, 0.5) is 0 Å². The van der Waals surface area contributed by atoms with Crippen LogP contribution in [0.2, 0.25) is 0 Å². The van der Waals surface area contributed by atoms with Crippen LogP contribution in [0.3, 0.4) is 0 Å². The fraction of sp³-hybridized carbons (Fsp3) is 0.727. The number of methoxy groups -OCH3 is 1. The van der Waals surface area contributed by atoms with Crippen molar-refractivity contribution in [2.75, 3.05) is 20.2 Å². The molecular formula is C11H20N4O2. The molecule has 6 heteroatoms. The number of esters is 1. The molecule has 0 saturated carbocycles. The Morgan fingerprint density at radius 1 is 1.53 bits per heavy atom. The van der Waals surface area contributed by atoms with E-state index in [1.54, 1.807) is 6.33 Å². The Hall–Kier alpha value is -1.43. The van der Waals surface area contributed by atoms with Gasteiger partial charge < -0.3 is 4.74 Å².